The molecule has 0 radical (unpaired) electrons. The highest BCUT2D eigenvalue weighted by atomic mass is 16.2. The molecule has 1 fully saturated rings. The van der Waals surface area contributed by atoms with Crippen LogP contribution in [0.5, 0.6) is 0 Å². The second-order valence-electron chi connectivity index (χ2n) is 6.32. The van der Waals surface area contributed by atoms with Crippen molar-refractivity contribution in [2.45, 2.75) is 33.2 Å². The summed E-state index contributed by atoms with van der Waals surface area (Å²) in [4.78, 5) is 17.9. The van der Waals surface area contributed by atoms with E-state index in [1.165, 1.54) is 5.56 Å². The van der Waals surface area contributed by atoms with Gasteiger partial charge in [-0.3, -0.25) is 4.79 Å². The molecule has 2 unspecified atom stereocenters. The Balaban J connectivity index is 1.89. The molecule has 1 amide bonds. The first-order valence-corrected chi connectivity index (χ1v) is 7.61. The molecule has 2 aromatic rings. The summed E-state index contributed by atoms with van der Waals surface area (Å²) in [7, 11) is 0. The van der Waals surface area contributed by atoms with Crippen molar-refractivity contribution in [3.63, 3.8) is 0 Å². The number of nitrogens with zero attached hydrogens (tertiary/aromatic N) is 1. The van der Waals surface area contributed by atoms with Crippen molar-refractivity contribution in [2.75, 3.05) is 13.1 Å². The Morgan fingerprint density at radius 1 is 1.38 bits per heavy atom. The van der Waals surface area contributed by atoms with E-state index in [4.69, 9.17) is 5.73 Å². The quantitative estimate of drug-likeness (QED) is 0.846. The van der Waals surface area contributed by atoms with Crippen molar-refractivity contribution in [2.24, 2.45) is 11.7 Å². The van der Waals surface area contributed by atoms with Gasteiger partial charge in [-0.25, -0.2) is 0 Å². The number of aromatic amines is 1. The zero-order valence-electron chi connectivity index (χ0n) is 12.9. The summed E-state index contributed by atoms with van der Waals surface area (Å²) in [6.45, 7) is 7.76. The fourth-order valence-electron chi connectivity index (χ4n) is 3.06. The molecule has 1 aromatic heterocycles. The number of carbonyl (C=O) groups excluding carboxylic acids is 1. The van der Waals surface area contributed by atoms with E-state index in [1.54, 1.807) is 0 Å². The highest BCUT2D eigenvalue weighted by Crippen LogP contribution is 2.24. The molecular formula is C17H23N3O. The first-order chi connectivity index (χ1) is 9.97. The van der Waals surface area contributed by atoms with E-state index in [1.807, 2.05) is 23.1 Å². The van der Waals surface area contributed by atoms with E-state index in [0.717, 1.165) is 35.1 Å². The Morgan fingerprint density at radius 2 is 2.14 bits per heavy atom. The molecule has 2 heterocycles. The summed E-state index contributed by atoms with van der Waals surface area (Å²) < 4.78 is 0. The van der Waals surface area contributed by atoms with Crippen LogP contribution in [-0.2, 0) is 0 Å². The van der Waals surface area contributed by atoms with E-state index in [-0.39, 0.29) is 11.9 Å². The van der Waals surface area contributed by atoms with Crippen molar-refractivity contribution in [3.8, 4) is 0 Å². The van der Waals surface area contributed by atoms with Crippen LogP contribution in [0, 0.1) is 19.8 Å². The number of nitrogens with two attached hydrogens (primary N) is 1. The Bertz CT molecular complexity index is 689. The summed E-state index contributed by atoms with van der Waals surface area (Å²) in [5.74, 6) is 0.587. The molecule has 0 bridgehead atoms. The lowest BCUT2D eigenvalue weighted by atomic mass is 9.94. The third-order valence-electron chi connectivity index (χ3n) is 4.86. The highest BCUT2D eigenvalue weighted by molar-refractivity contribution is 5.99. The second kappa shape index (κ2) is 5.19. The molecule has 1 aliphatic rings. The molecule has 0 saturated carbocycles. The molecule has 4 nitrogen and oxygen atoms in total. The van der Waals surface area contributed by atoms with Gasteiger partial charge in [0.2, 0.25) is 0 Å². The van der Waals surface area contributed by atoms with Gasteiger partial charge < -0.3 is 15.6 Å². The number of hydrogen-bond acceptors (Lipinski definition) is 2. The van der Waals surface area contributed by atoms with Gasteiger partial charge in [-0.1, -0.05) is 6.92 Å². The summed E-state index contributed by atoms with van der Waals surface area (Å²) in [6.07, 6.45) is 0.984. The predicted octanol–water partition coefficient (Wildman–Crippen LogP) is 2.59. The number of piperidine rings is 1. The average Bonchev–Trinajstić information content (AvgIpc) is 2.76. The van der Waals surface area contributed by atoms with Crippen molar-refractivity contribution >= 4 is 16.8 Å². The summed E-state index contributed by atoms with van der Waals surface area (Å²) >= 11 is 0. The van der Waals surface area contributed by atoms with Crippen molar-refractivity contribution in [1.82, 2.24) is 9.88 Å². The Kier molecular flexibility index (Phi) is 3.49. The number of nitrogens with one attached hydrogen (secondary N) is 1. The smallest absolute Gasteiger partial charge is 0.253 e. The molecule has 112 valence electrons. The number of H-pyrrole nitrogens is 1. The van der Waals surface area contributed by atoms with Crippen LogP contribution in [0.4, 0.5) is 0 Å². The van der Waals surface area contributed by atoms with Crippen LogP contribution in [0.3, 0.4) is 0 Å². The van der Waals surface area contributed by atoms with Gasteiger partial charge in [-0.05, 0) is 49.9 Å². The number of amides is 1. The van der Waals surface area contributed by atoms with Crippen LogP contribution in [0.25, 0.3) is 10.9 Å². The van der Waals surface area contributed by atoms with Gasteiger partial charge in [-0.15, -0.1) is 0 Å². The zero-order chi connectivity index (χ0) is 15.1. The van der Waals surface area contributed by atoms with Gasteiger partial charge in [0.15, 0.2) is 0 Å². The monoisotopic (exact) mass is 285 g/mol. The van der Waals surface area contributed by atoms with Crippen LogP contribution in [0.2, 0.25) is 0 Å². The van der Waals surface area contributed by atoms with Crippen molar-refractivity contribution in [1.29, 1.82) is 0 Å². The fraction of sp³-hybridized carbons (Fsp3) is 0.471. The maximum Gasteiger partial charge on any atom is 0.253 e. The molecule has 0 spiro atoms. The third-order valence-corrected chi connectivity index (χ3v) is 4.86. The van der Waals surface area contributed by atoms with Crippen LogP contribution in [0.1, 0.15) is 35.0 Å². The predicted molar refractivity (Wildman–Crippen MR) is 85.4 cm³/mol. The van der Waals surface area contributed by atoms with Gasteiger partial charge in [0.25, 0.3) is 5.91 Å². The molecular weight excluding hydrogens is 262 g/mol. The summed E-state index contributed by atoms with van der Waals surface area (Å²) in [5.41, 5.74) is 10.3. The molecule has 1 aromatic carbocycles. The lowest BCUT2D eigenvalue weighted by Crippen LogP contribution is -2.49. The number of aryl methyl sites for hydroxylation is 2. The Labute approximate surface area is 125 Å². The lowest BCUT2D eigenvalue weighted by Gasteiger charge is -2.35. The minimum atomic E-state index is 0.0858. The molecule has 21 heavy (non-hydrogen) atoms. The van der Waals surface area contributed by atoms with E-state index < -0.39 is 0 Å². The SMILES string of the molecule is Cc1[nH]c2ccc(C(=O)N3CCC(C)C(N)C3)cc2c1C. The number of likely N-dealkylation sites (tertiary alicyclic amines) is 1. The molecule has 2 atom stereocenters. The number of benzene rings is 1. The van der Waals surface area contributed by atoms with Crippen LogP contribution in [-0.4, -0.2) is 34.9 Å². The first kappa shape index (κ1) is 14.1. The van der Waals surface area contributed by atoms with Gasteiger partial charge in [0.1, 0.15) is 0 Å². The largest absolute Gasteiger partial charge is 0.358 e. The van der Waals surface area contributed by atoms with Gasteiger partial charge in [0.05, 0.1) is 0 Å². The van der Waals surface area contributed by atoms with Crippen LogP contribution in [0.15, 0.2) is 18.2 Å². The number of fused-ring (bicyclic) bond motifs is 1. The number of carbonyl (C=O) groups is 1. The maximum atomic E-state index is 12.7. The van der Waals surface area contributed by atoms with Gasteiger partial charge in [0, 0.05) is 41.3 Å². The van der Waals surface area contributed by atoms with E-state index in [0.29, 0.717) is 12.5 Å². The van der Waals surface area contributed by atoms with Crippen LogP contribution < -0.4 is 5.73 Å². The molecule has 1 saturated heterocycles. The van der Waals surface area contributed by atoms with Gasteiger partial charge in [-0.2, -0.15) is 0 Å². The fourth-order valence-corrected chi connectivity index (χ4v) is 3.06. The van der Waals surface area contributed by atoms with E-state index >= 15 is 0 Å². The van der Waals surface area contributed by atoms with Gasteiger partial charge >= 0.3 is 0 Å². The van der Waals surface area contributed by atoms with E-state index in [9.17, 15) is 4.79 Å². The molecule has 1 aliphatic heterocycles. The number of hydrogen-bond donors (Lipinski definition) is 2. The lowest BCUT2D eigenvalue weighted by molar-refractivity contribution is 0.0672. The first-order valence-electron chi connectivity index (χ1n) is 7.61. The second-order valence-corrected chi connectivity index (χ2v) is 6.32. The van der Waals surface area contributed by atoms with Crippen LogP contribution >= 0.6 is 0 Å². The minimum absolute atomic E-state index is 0.0858. The van der Waals surface area contributed by atoms with Crippen molar-refractivity contribution < 1.29 is 4.79 Å². The minimum Gasteiger partial charge on any atom is -0.358 e. The van der Waals surface area contributed by atoms with E-state index in [2.05, 4.69) is 25.8 Å². The highest BCUT2D eigenvalue weighted by Gasteiger charge is 2.27. The zero-order valence-corrected chi connectivity index (χ0v) is 12.9. The topological polar surface area (TPSA) is 62.1 Å². The Hall–Kier alpha value is -1.81. The maximum absolute atomic E-state index is 12.7. The molecule has 3 rings (SSSR count). The third kappa shape index (κ3) is 2.44. The number of aromatic nitrogens is 1. The summed E-state index contributed by atoms with van der Waals surface area (Å²) in [6, 6.07) is 5.99. The van der Waals surface area contributed by atoms with Crippen molar-refractivity contribution in [3.05, 3.63) is 35.0 Å². The summed E-state index contributed by atoms with van der Waals surface area (Å²) in [5, 5.41) is 1.13. The average molecular weight is 285 g/mol. The standard InChI is InChI=1S/C17H23N3O/c1-10-6-7-20(9-15(10)18)17(21)13-4-5-16-14(8-13)11(2)12(3)19-16/h4-5,8,10,15,19H,6-7,9,18H2,1-3H3. The molecule has 3 N–H and O–H groups in total. The Morgan fingerprint density at radius 3 is 2.86 bits per heavy atom. The molecule has 4 heteroatoms. The number of rotatable bonds is 1. The normalized spacial score (nSPS) is 22.8. The molecule has 0 aliphatic carbocycles.